The highest BCUT2D eigenvalue weighted by Crippen LogP contribution is 2.28. The van der Waals surface area contributed by atoms with Crippen molar-refractivity contribution >= 4 is 5.91 Å². The molecule has 2 heterocycles. The highest BCUT2D eigenvalue weighted by atomic mass is 16.3. The van der Waals surface area contributed by atoms with E-state index in [0.717, 1.165) is 31.5 Å². The molecule has 1 saturated heterocycles. The monoisotopic (exact) mass is 313 g/mol. The van der Waals surface area contributed by atoms with Gasteiger partial charge >= 0.3 is 0 Å². The average Bonchev–Trinajstić information content (AvgIpc) is 3.24. The van der Waals surface area contributed by atoms with Gasteiger partial charge in [0.1, 0.15) is 0 Å². The van der Waals surface area contributed by atoms with Crippen LogP contribution in [-0.2, 0) is 6.54 Å². The maximum atomic E-state index is 12.7. The third-order valence-electron chi connectivity index (χ3n) is 4.52. The number of hydrogen-bond acceptors (Lipinski definition) is 3. The zero-order chi connectivity index (χ0) is 16.2. The zero-order valence-electron chi connectivity index (χ0n) is 13.4. The number of rotatable bonds is 5. The molecule has 1 aliphatic rings. The first-order chi connectivity index (χ1) is 11.2. The molecule has 5 heteroatoms. The van der Waals surface area contributed by atoms with E-state index in [-0.39, 0.29) is 11.9 Å². The molecule has 1 fully saturated rings. The number of carbonyl (C=O) groups excluding carboxylic acids is 1. The maximum Gasteiger partial charge on any atom is 0.257 e. The molecule has 23 heavy (non-hydrogen) atoms. The quantitative estimate of drug-likeness (QED) is 0.923. The molecular formula is C18H23N3O2. The molecule has 1 aromatic heterocycles. The van der Waals surface area contributed by atoms with Crippen LogP contribution in [0.25, 0.3) is 0 Å². The van der Waals surface area contributed by atoms with Crippen LogP contribution in [0, 0.1) is 0 Å². The first kappa shape index (κ1) is 15.7. The van der Waals surface area contributed by atoms with Gasteiger partial charge in [-0.25, -0.2) is 0 Å². The van der Waals surface area contributed by atoms with Gasteiger partial charge in [0.25, 0.3) is 5.91 Å². The minimum atomic E-state index is -0.534. The summed E-state index contributed by atoms with van der Waals surface area (Å²) < 4.78 is 1.76. The van der Waals surface area contributed by atoms with E-state index in [1.807, 2.05) is 42.2 Å². The number of aliphatic hydroxyl groups excluding tert-OH is 1. The van der Waals surface area contributed by atoms with E-state index in [2.05, 4.69) is 5.10 Å². The molecule has 0 saturated carbocycles. The normalized spacial score (nSPS) is 19.0. The predicted octanol–water partition coefficient (Wildman–Crippen LogP) is 2.63. The van der Waals surface area contributed by atoms with Crippen LogP contribution in [0.3, 0.4) is 0 Å². The predicted molar refractivity (Wildman–Crippen MR) is 88.0 cm³/mol. The Labute approximate surface area is 136 Å². The first-order valence-corrected chi connectivity index (χ1v) is 8.25. The smallest absolute Gasteiger partial charge is 0.257 e. The Kier molecular flexibility index (Phi) is 4.76. The Morgan fingerprint density at radius 2 is 2.17 bits per heavy atom. The van der Waals surface area contributed by atoms with Crippen molar-refractivity contribution in [1.29, 1.82) is 0 Å². The summed E-state index contributed by atoms with van der Waals surface area (Å²) in [5.41, 5.74) is 1.54. The Bertz CT molecular complexity index is 653. The van der Waals surface area contributed by atoms with Crippen LogP contribution in [0.1, 0.15) is 48.2 Å². The lowest BCUT2D eigenvalue weighted by atomic mass is 10.0. The second-order valence-corrected chi connectivity index (χ2v) is 6.04. The fourth-order valence-electron chi connectivity index (χ4n) is 3.23. The molecule has 0 radical (unpaired) electrons. The lowest BCUT2D eigenvalue weighted by molar-refractivity contribution is 0.0667. The fourth-order valence-corrected chi connectivity index (χ4v) is 3.23. The van der Waals surface area contributed by atoms with Crippen molar-refractivity contribution in [2.45, 2.75) is 44.9 Å². The summed E-state index contributed by atoms with van der Waals surface area (Å²) in [6.07, 6.45) is 5.41. The van der Waals surface area contributed by atoms with E-state index in [1.54, 1.807) is 17.1 Å². The highest BCUT2D eigenvalue weighted by molar-refractivity contribution is 5.94. The molecule has 0 bridgehead atoms. The molecule has 5 nitrogen and oxygen atoms in total. The summed E-state index contributed by atoms with van der Waals surface area (Å²) in [5.74, 6) is 0.0208. The van der Waals surface area contributed by atoms with Crippen LogP contribution in [0.2, 0.25) is 0 Å². The van der Waals surface area contributed by atoms with Crippen LogP contribution in [0.5, 0.6) is 0 Å². The molecule has 1 aliphatic heterocycles. The fraction of sp³-hybridized carbons (Fsp3) is 0.444. The second-order valence-electron chi connectivity index (χ2n) is 6.04. The van der Waals surface area contributed by atoms with E-state index in [1.165, 1.54) is 0 Å². The molecule has 1 aromatic carbocycles. The van der Waals surface area contributed by atoms with Crippen LogP contribution in [-0.4, -0.2) is 38.3 Å². The first-order valence-electron chi connectivity index (χ1n) is 8.25. The van der Waals surface area contributed by atoms with Crippen molar-refractivity contribution in [1.82, 2.24) is 14.7 Å². The van der Waals surface area contributed by atoms with Gasteiger partial charge in [0.15, 0.2) is 0 Å². The third kappa shape index (κ3) is 3.45. The average molecular weight is 313 g/mol. The molecule has 3 rings (SSSR count). The summed E-state index contributed by atoms with van der Waals surface area (Å²) in [4.78, 5) is 14.6. The van der Waals surface area contributed by atoms with E-state index < -0.39 is 6.10 Å². The van der Waals surface area contributed by atoms with Crippen molar-refractivity contribution < 1.29 is 9.90 Å². The Morgan fingerprint density at radius 1 is 1.39 bits per heavy atom. The largest absolute Gasteiger partial charge is 0.388 e. The van der Waals surface area contributed by atoms with Gasteiger partial charge in [-0.05, 0) is 31.7 Å². The SMILES string of the molecule is CCn1cc(C(=O)N2CCCC2CC(O)c2ccccc2)cn1. The molecule has 2 unspecified atom stereocenters. The van der Waals surface area contributed by atoms with Crippen LogP contribution >= 0.6 is 0 Å². The number of aryl methyl sites for hydroxylation is 1. The topological polar surface area (TPSA) is 58.4 Å². The number of amides is 1. The van der Waals surface area contributed by atoms with Gasteiger partial charge < -0.3 is 10.0 Å². The number of aromatic nitrogens is 2. The third-order valence-corrected chi connectivity index (χ3v) is 4.52. The summed E-state index contributed by atoms with van der Waals surface area (Å²) in [5, 5.41) is 14.6. The molecule has 1 amide bonds. The standard InChI is InChI=1S/C18H23N3O2/c1-2-20-13-15(12-19-20)18(23)21-10-6-9-16(21)11-17(22)14-7-4-3-5-8-14/h3-5,7-8,12-13,16-17,22H,2,6,9-11H2,1H3. The van der Waals surface area contributed by atoms with Crippen molar-refractivity contribution in [3.8, 4) is 0 Å². The Balaban J connectivity index is 1.69. The van der Waals surface area contributed by atoms with Crippen LogP contribution in [0.15, 0.2) is 42.7 Å². The van der Waals surface area contributed by atoms with Crippen molar-refractivity contribution in [2.75, 3.05) is 6.54 Å². The van der Waals surface area contributed by atoms with E-state index in [9.17, 15) is 9.90 Å². The van der Waals surface area contributed by atoms with Gasteiger partial charge in [-0.15, -0.1) is 0 Å². The maximum absolute atomic E-state index is 12.7. The zero-order valence-corrected chi connectivity index (χ0v) is 13.4. The Morgan fingerprint density at radius 3 is 2.87 bits per heavy atom. The van der Waals surface area contributed by atoms with E-state index >= 15 is 0 Å². The number of hydrogen-bond donors (Lipinski definition) is 1. The molecule has 1 N–H and O–H groups in total. The molecule has 2 aromatic rings. The van der Waals surface area contributed by atoms with Crippen molar-refractivity contribution in [3.05, 3.63) is 53.9 Å². The van der Waals surface area contributed by atoms with Gasteiger partial charge in [0.2, 0.25) is 0 Å². The molecule has 0 aliphatic carbocycles. The van der Waals surface area contributed by atoms with Crippen LogP contribution in [0.4, 0.5) is 0 Å². The summed E-state index contributed by atoms with van der Waals surface area (Å²) in [6, 6.07) is 9.73. The van der Waals surface area contributed by atoms with E-state index in [4.69, 9.17) is 0 Å². The Hall–Kier alpha value is -2.14. The minimum absolute atomic E-state index is 0.0208. The van der Waals surface area contributed by atoms with Gasteiger partial charge in [-0.2, -0.15) is 5.10 Å². The number of aliphatic hydroxyl groups is 1. The van der Waals surface area contributed by atoms with Crippen molar-refractivity contribution in [3.63, 3.8) is 0 Å². The van der Waals surface area contributed by atoms with Gasteiger partial charge in [0.05, 0.1) is 17.9 Å². The number of carbonyl (C=O) groups is 1. The number of benzene rings is 1. The lowest BCUT2D eigenvalue weighted by Crippen LogP contribution is -2.36. The molecule has 122 valence electrons. The van der Waals surface area contributed by atoms with Gasteiger partial charge in [-0.3, -0.25) is 9.48 Å². The number of likely N-dealkylation sites (tertiary alicyclic amines) is 1. The van der Waals surface area contributed by atoms with Crippen molar-refractivity contribution in [2.24, 2.45) is 0 Å². The highest BCUT2D eigenvalue weighted by Gasteiger charge is 2.31. The minimum Gasteiger partial charge on any atom is -0.388 e. The lowest BCUT2D eigenvalue weighted by Gasteiger charge is -2.26. The molecular weight excluding hydrogens is 290 g/mol. The van der Waals surface area contributed by atoms with E-state index in [0.29, 0.717) is 12.0 Å². The molecule has 0 spiro atoms. The van der Waals surface area contributed by atoms with Gasteiger partial charge in [-0.1, -0.05) is 30.3 Å². The number of nitrogens with zero attached hydrogens (tertiary/aromatic N) is 3. The summed E-state index contributed by atoms with van der Waals surface area (Å²) in [7, 11) is 0. The molecule has 2 atom stereocenters. The van der Waals surface area contributed by atoms with Gasteiger partial charge in [0, 0.05) is 25.3 Å². The summed E-state index contributed by atoms with van der Waals surface area (Å²) >= 11 is 0. The summed E-state index contributed by atoms with van der Waals surface area (Å²) in [6.45, 7) is 3.50. The second kappa shape index (κ2) is 6.96. The van der Waals surface area contributed by atoms with Crippen LogP contribution < -0.4 is 0 Å².